The van der Waals surface area contributed by atoms with Crippen molar-refractivity contribution in [3.05, 3.63) is 70.5 Å². The van der Waals surface area contributed by atoms with Gasteiger partial charge in [0, 0.05) is 17.7 Å². The molecule has 27 heavy (non-hydrogen) atoms. The first-order chi connectivity index (χ1) is 12.9. The van der Waals surface area contributed by atoms with Gasteiger partial charge >= 0.3 is 0 Å². The molecular weight excluding hydrogens is 361 g/mol. The number of halogens is 1. The van der Waals surface area contributed by atoms with Crippen molar-refractivity contribution >= 4 is 9.84 Å². The van der Waals surface area contributed by atoms with E-state index in [9.17, 15) is 12.8 Å². The van der Waals surface area contributed by atoms with Crippen LogP contribution in [0.3, 0.4) is 0 Å². The fourth-order valence-corrected chi connectivity index (χ4v) is 5.32. The van der Waals surface area contributed by atoms with Crippen LogP contribution in [0.25, 0.3) is 0 Å². The summed E-state index contributed by atoms with van der Waals surface area (Å²) in [6, 6.07) is 13.0. The van der Waals surface area contributed by atoms with Crippen molar-refractivity contribution in [3.8, 4) is 0 Å². The van der Waals surface area contributed by atoms with E-state index in [0.29, 0.717) is 12.8 Å². The minimum atomic E-state index is -2.99. The Hall–Kier alpha value is -1.72. The number of benzene rings is 2. The summed E-state index contributed by atoms with van der Waals surface area (Å²) in [4.78, 5) is 0. The number of hydrogen-bond acceptors (Lipinski definition) is 3. The van der Waals surface area contributed by atoms with E-state index in [-0.39, 0.29) is 29.3 Å². The van der Waals surface area contributed by atoms with Crippen molar-refractivity contribution in [1.29, 1.82) is 0 Å². The van der Waals surface area contributed by atoms with Crippen LogP contribution in [0.15, 0.2) is 42.5 Å². The summed E-state index contributed by atoms with van der Waals surface area (Å²) < 4.78 is 37.3. The van der Waals surface area contributed by atoms with Gasteiger partial charge in [0.2, 0.25) is 0 Å². The summed E-state index contributed by atoms with van der Waals surface area (Å²) in [6.45, 7) is 1.89. The molecule has 0 fully saturated rings. The third-order valence-corrected chi connectivity index (χ3v) is 7.32. The zero-order valence-electron chi connectivity index (χ0n) is 15.8. The number of fused-ring (bicyclic) bond motifs is 1. The van der Waals surface area contributed by atoms with Gasteiger partial charge in [0.1, 0.15) is 5.82 Å². The highest BCUT2D eigenvalue weighted by Crippen LogP contribution is 2.34. The lowest BCUT2D eigenvalue weighted by Crippen LogP contribution is -2.34. The van der Waals surface area contributed by atoms with Crippen LogP contribution in [0.5, 0.6) is 0 Å². The van der Waals surface area contributed by atoms with Crippen molar-refractivity contribution in [3.63, 3.8) is 0 Å². The molecule has 0 spiro atoms. The second kappa shape index (κ2) is 8.53. The third-order valence-electron chi connectivity index (χ3n) is 5.46. The molecule has 2 unspecified atom stereocenters. The van der Waals surface area contributed by atoms with Crippen molar-refractivity contribution in [2.75, 3.05) is 11.5 Å². The maximum absolute atomic E-state index is 13.2. The zero-order chi connectivity index (χ0) is 19.4. The van der Waals surface area contributed by atoms with Gasteiger partial charge in [-0.05, 0) is 66.5 Å². The Labute approximate surface area is 161 Å². The molecule has 0 saturated carbocycles. The zero-order valence-corrected chi connectivity index (χ0v) is 16.6. The molecule has 1 aliphatic rings. The standard InChI is InChI=1S/C22H28FNO2S/c1-2-12-27(25,26)13-11-17-3-6-18-7-10-22(24)21(20(18)14-17)15-16-4-8-19(23)9-5-16/h3-6,8-9,14,21-22H,2,7,10-13,15,24H2,1H3. The fraction of sp³-hybridized carbons (Fsp3) is 0.455. The topological polar surface area (TPSA) is 60.2 Å². The molecule has 0 heterocycles. The summed E-state index contributed by atoms with van der Waals surface area (Å²) in [6.07, 6.45) is 3.84. The first-order valence-corrected chi connectivity index (χ1v) is 11.5. The van der Waals surface area contributed by atoms with E-state index >= 15 is 0 Å². The number of aryl methyl sites for hydroxylation is 2. The van der Waals surface area contributed by atoms with Gasteiger partial charge in [0.15, 0.2) is 9.84 Å². The minimum Gasteiger partial charge on any atom is -0.327 e. The maximum atomic E-state index is 13.2. The van der Waals surface area contributed by atoms with Gasteiger partial charge in [-0.2, -0.15) is 0 Å². The lowest BCUT2D eigenvalue weighted by molar-refractivity contribution is 0.467. The molecule has 2 atom stereocenters. The van der Waals surface area contributed by atoms with E-state index in [0.717, 1.165) is 30.4 Å². The summed E-state index contributed by atoms with van der Waals surface area (Å²) in [5, 5.41) is 0. The van der Waals surface area contributed by atoms with Crippen molar-refractivity contribution in [1.82, 2.24) is 0 Å². The normalized spacial score (nSPS) is 19.7. The molecule has 2 N–H and O–H groups in total. The van der Waals surface area contributed by atoms with Crippen LogP contribution in [-0.4, -0.2) is 26.0 Å². The van der Waals surface area contributed by atoms with E-state index < -0.39 is 9.84 Å². The highest BCUT2D eigenvalue weighted by atomic mass is 32.2. The van der Waals surface area contributed by atoms with Gasteiger partial charge in [-0.15, -0.1) is 0 Å². The molecule has 3 rings (SSSR count). The van der Waals surface area contributed by atoms with Crippen LogP contribution >= 0.6 is 0 Å². The molecule has 146 valence electrons. The maximum Gasteiger partial charge on any atom is 0.150 e. The molecule has 3 nitrogen and oxygen atoms in total. The molecule has 0 aromatic heterocycles. The van der Waals surface area contributed by atoms with E-state index in [4.69, 9.17) is 5.73 Å². The average molecular weight is 390 g/mol. The Kier molecular flexibility index (Phi) is 6.33. The van der Waals surface area contributed by atoms with Crippen LogP contribution in [0.1, 0.15) is 47.9 Å². The van der Waals surface area contributed by atoms with E-state index in [1.165, 1.54) is 23.3 Å². The Bertz CT molecular complexity index is 878. The second-order valence-corrected chi connectivity index (χ2v) is 9.88. The Morgan fingerprint density at radius 2 is 1.78 bits per heavy atom. The lowest BCUT2D eigenvalue weighted by atomic mass is 9.76. The number of rotatable bonds is 7. The Balaban J connectivity index is 1.81. The molecule has 0 saturated heterocycles. The molecule has 1 aliphatic carbocycles. The monoisotopic (exact) mass is 389 g/mol. The molecule has 2 aromatic carbocycles. The van der Waals surface area contributed by atoms with Gasteiger partial charge in [-0.25, -0.2) is 12.8 Å². The van der Waals surface area contributed by atoms with Crippen LogP contribution < -0.4 is 5.73 Å². The average Bonchev–Trinajstić information content (AvgIpc) is 2.64. The predicted octanol–water partition coefficient (Wildman–Crippen LogP) is 3.79. The number of hydrogen-bond donors (Lipinski definition) is 1. The molecule has 5 heteroatoms. The molecule has 0 amide bonds. The van der Waals surface area contributed by atoms with Gasteiger partial charge in [0.05, 0.1) is 5.75 Å². The second-order valence-electron chi connectivity index (χ2n) is 7.57. The van der Waals surface area contributed by atoms with Gasteiger partial charge in [0.25, 0.3) is 0 Å². The van der Waals surface area contributed by atoms with E-state index in [2.05, 4.69) is 12.1 Å². The molecule has 0 bridgehead atoms. The van der Waals surface area contributed by atoms with E-state index in [1.54, 1.807) is 0 Å². The number of sulfone groups is 1. The summed E-state index contributed by atoms with van der Waals surface area (Å²) in [7, 11) is -2.99. The van der Waals surface area contributed by atoms with Crippen molar-refractivity contribution < 1.29 is 12.8 Å². The third kappa shape index (κ3) is 5.17. The van der Waals surface area contributed by atoms with Crippen LogP contribution in [-0.2, 0) is 29.1 Å². The molecule has 0 aliphatic heterocycles. The highest BCUT2D eigenvalue weighted by molar-refractivity contribution is 7.91. The summed E-state index contributed by atoms with van der Waals surface area (Å²) >= 11 is 0. The molecule has 2 aromatic rings. The quantitative estimate of drug-likeness (QED) is 0.784. The van der Waals surface area contributed by atoms with Gasteiger partial charge in [-0.3, -0.25) is 0 Å². The van der Waals surface area contributed by atoms with Crippen LogP contribution in [0, 0.1) is 5.82 Å². The minimum absolute atomic E-state index is 0.0571. The largest absolute Gasteiger partial charge is 0.327 e. The van der Waals surface area contributed by atoms with Crippen LogP contribution in [0.2, 0.25) is 0 Å². The Morgan fingerprint density at radius 1 is 1.07 bits per heavy atom. The SMILES string of the molecule is CCCS(=O)(=O)CCc1ccc2c(c1)C(Cc1ccc(F)cc1)C(N)CC2. The van der Waals surface area contributed by atoms with Crippen molar-refractivity contribution in [2.45, 2.75) is 51.0 Å². The first-order valence-electron chi connectivity index (χ1n) is 9.70. The molecule has 0 radical (unpaired) electrons. The first kappa shape index (κ1) is 20.0. The summed E-state index contributed by atoms with van der Waals surface area (Å²) in [5.74, 6) is 0.374. The summed E-state index contributed by atoms with van der Waals surface area (Å²) in [5.41, 5.74) is 11.1. The molecular formula is C22H28FNO2S. The highest BCUT2D eigenvalue weighted by Gasteiger charge is 2.27. The predicted molar refractivity (Wildman–Crippen MR) is 108 cm³/mol. The smallest absolute Gasteiger partial charge is 0.150 e. The van der Waals surface area contributed by atoms with Crippen molar-refractivity contribution in [2.24, 2.45) is 5.73 Å². The van der Waals surface area contributed by atoms with Gasteiger partial charge < -0.3 is 5.73 Å². The lowest BCUT2D eigenvalue weighted by Gasteiger charge is -2.32. The van der Waals surface area contributed by atoms with Gasteiger partial charge in [-0.1, -0.05) is 37.3 Å². The Morgan fingerprint density at radius 3 is 2.48 bits per heavy atom. The van der Waals surface area contributed by atoms with E-state index in [1.807, 2.05) is 25.1 Å². The number of nitrogens with two attached hydrogens (primary N) is 1. The fourth-order valence-electron chi connectivity index (χ4n) is 3.95. The van der Waals surface area contributed by atoms with Crippen LogP contribution in [0.4, 0.5) is 4.39 Å².